The maximum absolute atomic E-state index is 12.7. The van der Waals surface area contributed by atoms with Crippen LogP contribution in [0.4, 0.5) is 0 Å². The van der Waals surface area contributed by atoms with E-state index in [1.807, 2.05) is 12.1 Å². The average Bonchev–Trinajstić information content (AvgIpc) is 3.22. The Hall–Kier alpha value is -1.33. The Morgan fingerprint density at radius 3 is 2.69 bits per heavy atom. The number of carbonyl (C=O) groups excluding carboxylic acids is 1. The second kappa shape index (κ2) is 10.1. The molecule has 5 nitrogen and oxygen atoms in total. The fraction of sp³-hybridized carbons (Fsp3) is 0.762. The van der Waals surface area contributed by atoms with Crippen LogP contribution in [0.15, 0.2) is 22.8 Å². The smallest absolute Gasteiger partial charge is 0.223 e. The van der Waals surface area contributed by atoms with Crippen molar-refractivity contribution in [2.75, 3.05) is 32.8 Å². The van der Waals surface area contributed by atoms with Crippen LogP contribution < -0.4 is 5.32 Å². The van der Waals surface area contributed by atoms with Crippen molar-refractivity contribution >= 4 is 5.91 Å². The van der Waals surface area contributed by atoms with Gasteiger partial charge in [0.2, 0.25) is 5.91 Å². The van der Waals surface area contributed by atoms with E-state index < -0.39 is 0 Å². The molecule has 2 fully saturated rings. The summed E-state index contributed by atoms with van der Waals surface area (Å²) in [6.45, 7) is 6.11. The van der Waals surface area contributed by atoms with E-state index in [9.17, 15) is 4.79 Å². The Morgan fingerprint density at radius 1 is 1.27 bits per heavy atom. The summed E-state index contributed by atoms with van der Waals surface area (Å²) in [5.74, 6) is 2.18. The Morgan fingerprint density at radius 2 is 2.04 bits per heavy atom. The van der Waals surface area contributed by atoms with Crippen LogP contribution in [0.3, 0.4) is 0 Å². The minimum absolute atomic E-state index is 0.0961. The van der Waals surface area contributed by atoms with Crippen LogP contribution in [0.1, 0.15) is 63.7 Å². The van der Waals surface area contributed by atoms with E-state index in [-0.39, 0.29) is 17.9 Å². The Bertz CT molecular complexity index is 517. The lowest BCUT2D eigenvalue weighted by Crippen LogP contribution is -2.44. The number of morpholine rings is 1. The lowest BCUT2D eigenvalue weighted by molar-refractivity contribution is -0.126. The molecule has 2 aliphatic rings. The highest BCUT2D eigenvalue weighted by molar-refractivity contribution is 5.78. The highest BCUT2D eigenvalue weighted by Gasteiger charge is 2.29. The SMILES string of the molecule is CCCCC1CCC(C(=O)NC[C@@H](c2ccco2)N2CCOCC2)CC1. The first-order valence-corrected chi connectivity index (χ1v) is 10.4. The summed E-state index contributed by atoms with van der Waals surface area (Å²) in [5.41, 5.74) is 0. The van der Waals surface area contributed by atoms with Crippen molar-refractivity contribution in [1.82, 2.24) is 10.2 Å². The lowest BCUT2D eigenvalue weighted by Gasteiger charge is -2.34. The zero-order chi connectivity index (χ0) is 18.2. The van der Waals surface area contributed by atoms with Gasteiger partial charge < -0.3 is 14.5 Å². The van der Waals surface area contributed by atoms with Crippen molar-refractivity contribution in [3.63, 3.8) is 0 Å². The third-order valence-corrected chi connectivity index (χ3v) is 6.01. The van der Waals surface area contributed by atoms with Crippen LogP contribution in [0, 0.1) is 11.8 Å². The normalized spacial score (nSPS) is 25.7. The molecule has 0 radical (unpaired) electrons. The molecule has 2 heterocycles. The number of ether oxygens (including phenoxy) is 1. The van der Waals surface area contributed by atoms with E-state index in [4.69, 9.17) is 9.15 Å². The largest absolute Gasteiger partial charge is 0.468 e. The van der Waals surface area contributed by atoms with Gasteiger partial charge in [-0.1, -0.05) is 26.2 Å². The van der Waals surface area contributed by atoms with Crippen molar-refractivity contribution in [2.24, 2.45) is 11.8 Å². The molecule has 1 saturated heterocycles. The standard InChI is InChI=1S/C21H34N2O3/c1-2-3-5-17-7-9-18(10-8-17)21(24)22-16-19(20-6-4-13-26-20)23-11-14-25-15-12-23/h4,6,13,17-19H,2-3,5,7-12,14-16H2,1H3,(H,22,24)/t17?,18?,19-/m0/s1. The van der Waals surface area contributed by atoms with Gasteiger partial charge >= 0.3 is 0 Å². The van der Waals surface area contributed by atoms with Crippen LogP contribution in [0.5, 0.6) is 0 Å². The molecule has 1 aliphatic carbocycles. The van der Waals surface area contributed by atoms with Crippen molar-refractivity contribution < 1.29 is 13.9 Å². The molecule has 1 aromatic heterocycles. The molecular formula is C21H34N2O3. The molecule has 146 valence electrons. The fourth-order valence-corrected chi connectivity index (χ4v) is 4.33. The van der Waals surface area contributed by atoms with E-state index in [1.54, 1.807) is 6.26 Å². The third-order valence-electron chi connectivity index (χ3n) is 6.01. The number of rotatable bonds is 8. The molecule has 5 heteroatoms. The first-order chi connectivity index (χ1) is 12.8. The molecule has 26 heavy (non-hydrogen) atoms. The minimum Gasteiger partial charge on any atom is -0.468 e. The maximum Gasteiger partial charge on any atom is 0.223 e. The van der Waals surface area contributed by atoms with E-state index in [0.717, 1.165) is 50.8 Å². The summed E-state index contributed by atoms with van der Waals surface area (Å²) >= 11 is 0. The first kappa shape index (κ1) is 19.4. The summed E-state index contributed by atoms with van der Waals surface area (Å²) in [6, 6.07) is 4.02. The molecule has 1 N–H and O–H groups in total. The molecule has 0 spiro atoms. The molecule has 0 aromatic carbocycles. The van der Waals surface area contributed by atoms with Gasteiger partial charge in [-0.05, 0) is 43.7 Å². The van der Waals surface area contributed by atoms with Crippen molar-refractivity contribution in [2.45, 2.75) is 57.9 Å². The van der Waals surface area contributed by atoms with Gasteiger partial charge in [0.25, 0.3) is 0 Å². The number of furan rings is 1. The molecule has 1 aliphatic heterocycles. The zero-order valence-corrected chi connectivity index (χ0v) is 16.1. The van der Waals surface area contributed by atoms with Gasteiger partial charge in [-0.3, -0.25) is 9.69 Å². The Kier molecular flexibility index (Phi) is 7.56. The van der Waals surface area contributed by atoms with Crippen LogP contribution in [0.25, 0.3) is 0 Å². The number of hydrogen-bond donors (Lipinski definition) is 1. The van der Waals surface area contributed by atoms with Gasteiger partial charge in [0.1, 0.15) is 5.76 Å². The number of nitrogens with one attached hydrogen (secondary N) is 1. The predicted octanol–water partition coefficient (Wildman–Crippen LogP) is 3.77. The van der Waals surface area contributed by atoms with E-state index >= 15 is 0 Å². The van der Waals surface area contributed by atoms with Gasteiger partial charge in [-0.25, -0.2) is 0 Å². The highest BCUT2D eigenvalue weighted by atomic mass is 16.5. The molecule has 3 rings (SSSR count). The maximum atomic E-state index is 12.7. The van der Waals surface area contributed by atoms with Gasteiger partial charge in [-0.2, -0.15) is 0 Å². The summed E-state index contributed by atoms with van der Waals surface area (Å²) in [6.07, 6.45) is 10.2. The number of hydrogen-bond acceptors (Lipinski definition) is 4. The molecule has 1 aromatic rings. The summed E-state index contributed by atoms with van der Waals surface area (Å²) in [5, 5.41) is 3.21. The third kappa shape index (κ3) is 5.34. The van der Waals surface area contributed by atoms with E-state index in [0.29, 0.717) is 6.54 Å². The summed E-state index contributed by atoms with van der Waals surface area (Å²) in [7, 11) is 0. The number of unbranched alkanes of at least 4 members (excludes halogenated alkanes) is 1. The lowest BCUT2D eigenvalue weighted by atomic mass is 9.79. The van der Waals surface area contributed by atoms with Crippen molar-refractivity contribution in [1.29, 1.82) is 0 Å². The van der Waals surface area contributed by atoms with E-state index in [1.165, 1.54) is 32.1 Å². The number of carbonyl (C=O) groups is 1. The molecule has 1 atom stereocenters. The second-order valence-electron chi connectivity index (χ2n) is 7.78. The quantitative estimate of drug-likeness (QED) is 0.765. The van der Waals surface area contributed by atoms with Gasteiger partial charge in [0.05, 0.1) is 25.5 Å². The average molecular weight is 363 g/mol. The number of amides is 1. The van der Waals surface area contributed by atoms with Gasteiger partial charge in [0.15, 0.2) is 0 Å². The molecule has 1 amide bonds. The predicted molar refractivity (Wildman–Crippen MR) is 102 cm³/mol. The van der Waals surface area contributed by atoms with Crippen LogP contribution in [-0.4, -0.2) is 43.7 Å². The Balaban J connectivity index is 1.48. The fourth-order valence-electron chi connectivity index (χ4n) is 4.33. The van der Waals surface area contributed by atoms with Crippen molar-refractivity contribution in [3.05, 3.63) is 24.2 Å². The highest BCUT2D eigenvalue weighted by Crippen LogP contribution is 2.32. The second-order valence-corrected chi connectivity index (χ2v) is 7.78. The molecule has 0 bridgehead atoms. The Labute approximate surface area is 157 Å². The first-order valence-electron chi connectivity index (χ1n) is 10.4. The molecule has 1 saturated carbocycles. The summed E-state index contributed by atoms with van der Waals surface area (Å²) in [4.78, 5) is 15.0. The van der Waals surface area contributed by atoms with E-state index in [2.05, 4.69) is 17.1 Å². The van der Waals surface area contributed by atoms with Crippen LogP contribution >= 0.6 is 0 Å². The van der Waals surface area contributed by atoms with Crippen LogP contribution in [-0.2, 0) is 9.53 Å². The van der Waals surface area contributed by atoms with Crippen LogP contribution in [0.2, 0.25) is 0 Å². The van der Waals surface area contributed by atoms with Gasteiger partial charge in [-0.15, -0.1) is 0 Å². The zero-order valence-electron chi connectivity index (χ0n) is 16.1. The van der Waals surface area contributed by atoms with Crippen molar-refractivity contribution in [3.8, 4) is 0 Å². The molecule has 0 unspecified atom stereocenters. The number of nitrogens with zero attached hydrogens (tertiary/aromatic N) is 1. The van der Waals surface area contributed by atoms with Gasteiger partial charge in [0, 0.05) is 25.6 Å². The molecular weight excluding hydrogens is 328 g/mol. The summed E-state index contributed by atoms with van der Waals surface area (Å²) < 4.78 is 11.1. The topological polar surface area (TPSA) is 54.7 Å². The minimum atomic E-state index is 0.0961. The monoisotopic (exact) mass is 362 g/mol.